The number of hydrogen-bond donors (Lipinski definition) is 1. The highest BCUT2D eigenvalue weighted by Gasteiger charge is 2.37. The minimum absolute atomic E-state index is 0.0554. The van der Waals surface area contributed by atoms with Crippen LogP contribution in [0.25, 0.3) is 10.9 Å². The first-order chi connectivity index (χ1) is 13.8. The molecule has 4 rings (SSSR count). The maximum atomic E-state index is 13.1. The van der Waals surface area contributed by atoms with E-state index < -0.39 is 12.0 Å². The lowest BCUT2D eigenvalue weighted by atomic mass is 9.92. The number of H-pyrrole nitrogens is 1. The van der Waals surface area contributed by atoms with Gasteiger partial charge in [-0.1, -0.05) is 13.8 Å². The molecule has 0 radical (unpaired) electrons. The number of alkyl halides is 3. The lowest BCUT2D eigenvalue weighted by molar-refractivity contribution is -0.145. The van der Waals surface area contributed by atoms with Crippen LogP contribution in [0.4, 0.5) is 19.1 Å². The molecular formula is C20H22F3N5O. The topological polar surface area (TPSA) is 66.9 Å². The van der Waals surface area contributed by atoms with Crippen LogP contribution >= 0.6 is 0 Å². The maximum absolute atomic E-state index is 13.1. The van der Waals surface area contributed by atoms with E-state index in [4.69, 9.17) is 4.74 Å². The Hall–Kier alpha value is -2.84. The van der Waals surface area contributed by atoms with Gasteiger partial charge in [-0.3, -0.25) is 0 Å². The van der Waals surface area contributed by atoms with Crippen LogP contribution < -0.4 is 9.64 Å². The Morgan fingerprint density at radius 3 is 2.76 bits per heavy atom. The van der Waals surface area contributed by atoms with E-state index in [1.54, 1.807) is 7.11 Å². The first kappa shape index (κ1) is 19.5. The first-order valence-corrected chi connectivity index (χ1v) is 9.49. The fourth-order valence-corrected chi connectivity index (χ4v) is 3.97. The summed E-state index contributed by atoms with van der Waals surface area (Å²) < 4.78 is 44.7. The van der Waals surface area contributed by atoms with E-state index in [0.29, 0.717) is 18.9 Å². The number of nitrogens with zero attached hydrogens (tertiary/aromatic N) is 4. The summed E-state index contributed by atoms with van der Waals surface area (Å²) in [4.78, 5) is 16.4. The van der Waals surface area contributed by atoms with E-state index in [1.807, 2.05) is 23.1 Å². The highest BCUT2D eigenvalue weighted by Crippen LogP contribution is 2.40. The second-order valence-electron chi connectivity index (χ2n) is 7.62. The highest BCUT2D eigenvalue weighted by atomic mass is 19.4. The number of ether oxygens (including phenoxy) is 1. The molecule has 0 aliphatic carbocycles. The van der Waals surface area contributed by atoms with E-state index in [2.05, 4.69) is 33.8 Å². The number of aromatic nitrogens is 4. The average Bonchev–Trinajstić information content (AvgIpc) is 3.05. The number of hydrogen-bond acceptors (Lipinski definition) is 5. The minimum Gasteiger partial charge on any atom is -0.497 e. The van der Waals surface area contributed by atoms with Crippen molar-refractivity contribution in [3.8, 4) is 5.75 Å². The monoisotopic (exact) mass is 405 g/mol. The van der Waals surface area contributed by atoms with E-state index >= 15 is 0 Å². The molecule has 6 nitrogen and oxygen atoms in total. The molecule has 0 spiro atoms. The third-order valence-corrected chi connectivity index (χ3v) is 5.22. The Bertz CT molecular complexity index is 1030. The molecule has 1 aliphatic rings. The van der Waals surface area contributed by atoms with Gasteiger partial charge >= 0.3 is 6.18 Å². The smallest absolute Gasteiger partial charge is 0.451 e. The zero-order chi connectivity index (χ0) is 20.8. The van der Waals surface area contributed by atoms with E-state index in [9.17, 15) is 13.2 Å². The van der Waals surface area contributed by atoms with Gasteiger partial charge in [0, 0.05) is 23.1 Å². The summed E-state index contributed by atoms with van der Waals surface area (Å²) in [5.41, 5.74) is 3.16. The molecule has 1 aliphatic heterocycles. The van der Waals surface area contributed by atoms with Crippen LogP contribution in [0.5, 0.6) is 5.75 Å². The van der Waals surface area contributed by atoms with Gasteiger partial charge in [0.05, 0.1) is 13.2 Å². The zero-order valence-electron chi connectivity index (χ0n) is 16.4. The van der Waals surface area contributed by atoms with Gasteiger partial charge in [-0.2, -0.15) is 18.2 Å². The molecule has 29 heavy (non-hydrogen) atoms. The summed E-state index contributed by atoms with van der Waals surface area (Å²) >= 11 is 0. The third kappa shape index (κ3) is 3.61. The Morgan fingerprint density at radius 2 is 2.07 bits per heavy atom. The molecule has 2 aromatic heterocycles. The van der Waals surface area contributed by atoms with Crippen molar-refractivity contribution < 1.29 is 17.9 Å². The van der Waals surface area contributed by atoms with Crippen LogP contribution in [-0.2, 0) is 12.6 Å². The van der Waals surface area contributed by atoms with Crippen molar-refractivity contribution >= 4 is 16.9 Å². The van der Waals surface area contributed by atoms with Gasteiger partial charge in [-0.05, 0) is 42.5 Å². The van der Waals surface area contributed by atoms with Crippen molar-refractivity contribution in [2.24, 2.45) is 5.92 Å². The predicted molar refractivity (Wildman–Crippen MR) is 103 cm³/mol. The molecule has 154 valence electrons. The van der Waals surface area contributed by atoms with Crippen LogP contribution in [-0.4, -0.2) is 33.6 Å². The molecule has 0 bridgehead atoms. The number of halogens is 3. The Kier molecular flexibility index (Phi) is 4.84. The molecule has 3 aromatic rings. The van der Waals surface area contributed by atoms with E-state index in [1.165, 1.54) is 5.56 Å². The normalized spacial score (nSPS) is 17.1. The van der Waals surface area contributed by atoms with Gasteiger partial charge in [0.2, 0.25) is 11.8 Å². The van der Waals surface area contributed by atoms with Gasteiger partial charge in [0.15, 0.2) is 0 Å². The fraction of sp³-hybridized carbons (Fsp3) is 0.450. The first-order valence-electron chi connectivity index (χ1n) is 9.49. The van der Waals surface area contributed by atoms with E-state index in [-0.39, 0.29) is 12.0 Å². The predicted octanol–water partition coefficient (Wildman–Crippen LogP) is 4.53. The summed E-state index contributed by atoms with van der Waals surface area (Å²) in [6.07, 6.45) is -2.25. The Balaban J connectivity index is 1.80. The van der Waals surface area contributed by atoms with Crippen molar-refractivity contribution in [3.05, 3.63) is 41.6 Å². The molecule has 0 saturated carbocycles. The Labute approximate surface area is 166 Å². The standard InChI is InChI=1S/C20H22F3N5O/c1-11(2)8-16-17-13(14-9-12(29-3)4-5-15(14)26-17)6-7-28(16)19-25-10-24-18(27-19)20(21,22)23/h4-5,9-11,16,26H,6-8H2,1-3H3/t16-/m0/s1. The van der Waals surface area contributed by atoms with Crippen molar-refractivity contribution in [3.63, 3.8) is 0 Å². The lowest BCUT2D eigenvalue weighted by Crippen LogP contribution is -2.37. The third-order valence-electron chi connectivity index (χ3n) is 5.22. The number of benzene rings is 1. The number of aromatic amines is 1. The maximum Gasteiger partial charge on any atom is 0.451 e. The highest BCUT2D eigenvalue weighted by molar-refractivity contribution is 5.87. The van der Waals surface area contributed by atoms with Crippen molar-refractivity contribution in [2.75, 3.05) is 18.6 Å². The molecule has 0 fully saturated rings. The molecule has 9 heteroatoms. The molecule has 0 amide bonds. The van der Waals surface area contributed by atoms with Crippen molar-refractivity contribution in [2.45, 2.75) is 38.9 Å². The van der Waals surface area contributed by atoms with Crippen LogP contribution in [0.1, 0.15) is 43.4 Å². The summed E-state index contributed by atoms with van der Waals surface area (Å²) in [7, 11) is 1.63. The van der Waals surface area contributed by atoms with Crippen LogP contribution in [0.2, 0.25) is 0 Å². The number of methoxy groups -OCH3 is 1. The molecule has 1 aromatic carbocycles. The molecule has 0 unspecified atom stereocenters. The molecule has 1 atom stereocenters. The summed E-state index contributed by atoms with van der Waals surface area (Å²) in [6, 6.07) is 5.70. The Morgan fingerprint density at radius 1 is 1.28 bits per heavy atom. The number of nitrogens with one attached hydrogen (secondary N) is 1. The average molecular weight is 405 g/mol. The molecule has 0 saturated heterocycles. The second kappa shape index (κ2) is 7.20. The van der Waals surface area contributed by atoms with Crippen molar-refractivity contribution in [1.82, 2.24) is 19.9 Å². The largest absolute Gasteiger partial charge is 0.497 e. The number of anilines is 1. The van der Waals surface area contributed by atoms with Gasteiger partial charge in [0.25, 0.3) is 0 Å². The van der Waals surface area contributed by atoms with Gasteiger partial charge in [-0.15, -0.1) is 0 Å². The van der Waals surface area contributed by atoms with Gasteiger partial charge < -0.3 is 14.6 Å². The fourth-order valence-electron chi connectivity index (χ4n) is 3.97. The summed E-state index contributed by atoms with van der Waals surface area (Å²) in [5, 5.41) is 1.08. The van der Waals surface area contributed by atoms with Crippen LogP contribution in [0, 0.1) is 5.92 Å². The lowest BCUT2D eigenvalue weighted by Gasteiger charge is -2.36. The van der Waals surface area contributed by atoms with Crippen LogP contribution in [0.15, 0.2) is 24.5 Å². The van der Waals surface area contributed by atoms with E-state index in [0.717, 1.165) is 35.1 Å². The molecular weight excluding hydrogens is 383 g/mol. The number of fused-ring (bicyclic) bond motifs is 3. The summed E-state index contributed by atoms with van der Waals surface area (Å²) in [5.74, 6) is -0.00872. The molecule has 3 heterocycles. The SMILES string of the molecule is COc1ccc2[nH]c3c(c2c1)CCN(c1ncnc(C(F)(F)F)n1)[C@H]3CC(C)C. The quantitative estimate of drug-likeness (QED) is 0.691. The minimum atomic E-state index is -4.61. The summed E-state index contributed by atoms with van der Waals surface area (Å²) in [6.45, 7) is 4.70. The molecule has 1 N–H and O–H groups in total. The number of rotatable bonds is 4. The zero-order valence-corrected chi connectivity index (χ0v) is 16.4. The van der Waals surface area contributed by atoms with Crippen LogP contribution in [0.3, 0.4) is 0 Å². The second-order valence-corrected chi connectivity index (χ2v) is 7.62. The van der Waals surface area contributed by atoms with Crippen molar-refractivity contribution in [1.29, 1.82) is 0 Å². The van der Waals surface area contributed by atoms with Gasteiger partial charge in [-0.25, -0.2) is 9.97 Å². The van der Waals surface area contributed by atoms with Gasteiger partial charge in [0.1, 0.15) is 12.1 Å².